The number of fused-ring (bicyclic) bond motifs is 5. The Morgan fingerprint density at radius 1 is 1.22 bits per heavy atom. The Hall–Kier alpha value is -1.06. The van der Waals surface area contributed by atoms with Gasteiger partial charge in [0.1, 0.15) is 5.75 Å². The maximum atomic E-state index is 10.8. The molecule has 2 saturated carbocycles. The first-order valence-corrected chi connectivity index (χ1v) is 11.0. The number of aliphatic hydroxyl groups is 1. The first-order chi connectivity index (χ1) is 12.9. The molecule has 3 nitrogen and oxygen atoms in total. The lowest BCUT2D eigenvalue weighted by Gasteiger charge is -2.54. The summed E-state index contributed by atoms with van der Waals surface area (Å²) in [5.74, 6) is 2.89. The van der Waals surface area contributed by atoms with Gasteiger partial charge in [-0.05, 0) is 111 Å². The van der Waals surface area contributed by atoms with E-state index in [1.165, 1.54) is 30.4 Å². The number of aliphatic hydroxyl groups excluding tert-OH is 1. The molecule has 0 heterocycles. The number of benzene rings is 1. The molecule has 3 aliphatic carbocycles. The van der Waals surface area contributed by atoms with Crippen molar-refractivity contribution in [1.82, 2.24) is 0 Å². The van der Waals surface area contributed by atoms with Gasteiger partial charge in [0, 0.05) is 6.61 Å². The van der Waals surface area contributed by atoms with Crippen LogP contribution in [0.1, 0.15) is 76.3 Å². The largest absolute Gasteiger partial charge is 0.508 e. The lowest BCUT2D eigenvalue weighted by Crippen LogP contribution is -2.48. The van der Waals surface area contributed by atoms with Crippen LogP contribution in [0.3, 0.4) is 0 Å². The molecule has 0 spiro atoms. The van der Waals surface area contributed by atoms with Gasteiger partial charge in [-0.25, -0.2) is 0 Å². The van der Waals surface area contributed by atoms with Gasteiger partial charge in [0.2, 0.25) is 0 Å². The Bertz CT molecular complexity index is 670. The van der Waals surface area contributed by atoms with Crippen molar-refractivity contribution >= 4 is 0 Å². The number of phenols is 1. The van der Waals surface area contributed by atoms with Crippen LogP contribution in [0.25, 0.3) is 0 Å². The van der Waals surface area contributed by atoms with Gasteiger partial charge in [-0.2, -0.15) is 0 Å². The third kappa shape index (κ3) is 3.42. The summed E-state index contributed by atoms with van der Waals surface area (Å²) in [6, 6.07) is 6.05. The molecule has 0 radical (unpaired) electrons. The van der Waals surface area contributed by atoms with Crippen LogP contribution in [0, 0.1) is 23.2 Å². The molecule has 2 N–H and O–H groups in total. The average Bonchev–Trinajstić information content (AvgIpc) is 2.92. The number of aryl methyl sites for hydroxylation is 1. The maximum absolute atomic E-state index is 10.8. The summed E-state index contributed by atoms with van der Waals surface area (Å²) in [4.78, 5) is 0. The molecule has 3 aliphatic rings. The molecule has 1 aromatic rings. The van der Waals surface area contributed by atoms with Crippen LogP contribution in [0.2, 0.25) is 0 Å². The van der Waals surface area contributed by atoms with Crippen molar-refractivity contribution in [3.8, 4) is 5.75 Å². The minimum Gasteiger partial charge on any atom is -0.508 e. The van der Waals surface area contributed by atoms with E-state index >= 15 is 0 Å². The van der Waals surface area contributed by atoms with E-state index in [1.807, 2.05) is 12.1 Å². The fourth-order valence-electron chi connectivity index (χ4n) is 6.79. The van der Waals surface area contributed by atoms with E-state index in [0.717, 1.165) is 32.3 Å². The van der Waals surface area contributed by atoms with Crippen molar-refractivity contribution in [2.75, 3.05) is 6.61 Å². The zero-order valence-corrected chi connectivity index (χ0v) is 17.2. The second-order valence-corrected chi connectivity index (χ2v) is 9.84. The lowest BCUT2D eigenvalue weighted by atomic mass is 9.51. The van der Waals surface area contributed by atoms with Gasteiger partial charge >= 0.3 is 0 Å². The Labute approximate surface area is 164 Å². The summed E-state index contributed by atoms with van der Waals surface area (Å²) in [7, 11) is 0. The highest BCUT2D eigenvalue weighted by atomic mass is 16.5. The third-order valence-electron chi connectivity index (χ3n) is 7.95. The highest BCUT2D eigenvalue weighted by molar-refractivity contribution is 5.40. The van der Waals surface area contributed by atoms with Crippen molar-refractivity contribution in [2.45, 2.75) is 83.8 Å². The molecular weight excluding hydrogens is 336 g/mol. The van der Waals surface area contributed by atoms with E-state index in [9.17, 15) is 10.2 Å². The molecule has 27 heavy (non-hydrogen) atoms. The smallest absolute Gasteiger partial charge is 0.115 e. The van der Waals surface area contributed by atoms with Gasteiger partial charge in [-0.15, -0.1) is 0 Å². The van der Waals surface area contributed by atoms with E-state index in [2.05, 4.69) is 26.8 Å². The van der Waals surface area contributed by atoms with E-state index in [1.54, 1.807) is 0 Å². The predicted octanol–water partition coefficient (Wildman–Crippen LogP) is 5.04. The molecule has 6 atom stereocenters. The zero-order chi connectivity index (χ0) is 19.2. The van der Waals surface area contributed by atoms with Crippen LogP contribution < -0.4 is 0 Å². The first-order valence-electron chi connectivity index (χ1n) is 11.0. The van der Waals surface area contributed by atoms with Gasteiger partial charge in [-0.1, -0.05) is 13.0 Å². The predicted molar refractivity (Wildman–Crippen MR) is 108 cm³/mol. The van der Waals surface area contributed by atoms with E-state index in [4.69, 9.17) is 4.74 Å². The van der Waals surface area contributed by atoms with Gasteiger partial charge in [0.25, 0.3) is 0 Å². The normalized spacial score (nSPS) is 37.7. The number of ether oxygens (including phenoxy) is 1. The van der Waals surface area contributed by atoms with Crippen LogP contribution in [0.15, 0.2) is 18.2 Å². The summed E-state index contributed by atoms with van der Waals surface area (Å²) >= 11 is 0. The van der Waals surface area contributed by atoms with Crippen molar-refractivity contribution in [2.24, 2.45) is 23.2 Å². The van der Waals surface area contributed by atoms with Crippen LogP contribution in [-0.4, -0.2) is 29.0 Å². The molecule has 1 unspecified atom stereocenters. The highest BCUT2D eigenvalue weighted by Crippen LogP contribution is 2.63. The molecule has 150 valence electrons. The van der Waals surface area contributed by atoms with Crippen molar-refractivity contribution in [3.05, 3.63) is 29.3 Å². The topological polar surface area (TPSA) is 49.7 Å². The van der Waals surface area contributed by atoms with Gasteiger partial charge < -0.3 is 14.9 Å². The van der Waals surface area contributed by atoms with Crippen LogP contribution in [-0.2, 0) is 11.2 Å². The SMILES string of the molecule is CC(C)OCCC[C@H]1C[C@]2(C)C(O)CC[C@H]2[C@@H]2CCc3cc(O)ccc3[C@@H]12. The number of hydrogen-bond donors (Lipinski definition) is 2. The molecule has 2 fully saturated rings. The zero-order valence-electron chi connectivity index (χ0n) is 17.2. The fourth-order valence-corrected chi connectivity index (χ4v) is 6.79. The summed E-state index contributed by atoms with van der Waals surface area (Å²) in [5, 5.41) is 20.8. The molecule has 0 aliphatic heterocycles. The van der Waals surface area contributed by atoms with E-state index in [-0.39, 0.29) is 11.5 Å². The van der Waals surface area contributed by atoms with Gasteiger partial charge in [0.15, 0.2) is 0 Å². The Balaban J connectivity index is 1.62. The molecule has 0 bridgehead atoms. The third-order valence-corrected chi connectivity index (χ3v) is 7.95. The van der Waals surface area contributed by atoms with Crippen molar-refractivity contribution in [3.63, 3.8) is 0 Å². The second kappa shape index (κ2) is 7.40. The quantitative estimate of drug-likeness (QED) is 0.712. The van der Waals surface area contributed by atoms with Crippen LogP contribution in [0.5, 0.6) is 5.75 Å². The van der Waals surface area contributed by atoms with Crippen LogP contribution >= 0.6 is 0 Å². The molecule has 0 saturated heterocycles. The minimum atomic E-state index is -0.140. The summed E-state index contributed by atoms with van der Waals surface area (Å²) in [6.45, 7) is 7.38. The minimum absolute atomic E-state index is 0.0825. The number of rotatable bonds is 5. The molecular formula is C24H36O3. The monoisotopic (exact) mass is 372 g/mol. The van der Waals surface area contributed by atoms with Crippen LogP contribution in [0.4, 0.5) is 0 Å². The number of hydrogen-bond acceptors (Lipinski definition) is 3. The summed E-state index contributed by atoms with van der Waals surface area (Å²) in [5.41, 5.74) is 2.91. The molecule has 0 amide bonds. The summed E-state index contributed by atoms with van der Waals surface area (Å²) in [6.07, 6.45) is 7.96. The Morgan fingerprint density at radius 3 is 2.81 bits per heavy atom. The molecule has 1 aromatic carbocycles. The number of aromatic hydroxyl groups is 1. The highest BCUT2D eigenvalue weighted by Gasteiger charge is 2.57. The maximum Gasteiger partial charge on any atom is 0.115 e. The second-order valence-electron chi connectivity index (χ2n) is 9.84. The lowest BCUT2D eigenvalue weighted by molar-refractivity contribution is -0.0516. The van der Waals surface area contributed by atoms with E-state index in [0.29, 0.717) is 35.5 Å². The molecule has 4 rings (SSSR count). The van der Waals surface area contributed by atoms with Crippen molar-refractivity contribution in [1.29, 1.82) is 0 Å². The van der Waals surface area contributed by atoms with Gasteiger partial charge in [-0.3, -0.25) is 0 Å². The standard InChI is InChI=1S/C24H36O3/c1-15(2)27-12-4-5-17-14-24(3)21(10-11-22(24)26)20-8-6-16-13-18(25)7-9-19(16)23(17)20/h7,9,13,15,17,20-23,25-26H,4-6,8,10-12,14H2,1-3H3/t17-,20-,21-,22?,23+,24-/m0/s1. The first kappa shape index (κ1) is 19.3. The van der Waals surface area contributed by atoms with E-state index < -0.39 is 0 Å². The summed E-state index contributed by atoms with van der Waals surface area (Å²) < 4.78 is 5.80. The fraction of sp³-hybridized carbons (Fsp3) is 0.750. The molecule has 0 aromatic heterocycles. The molecule has 3 heteroatoms. The Morgan fingerprint density at radius 2 is 2.04 bits per heavy atom. The average molecular weight is 373 g/mol. The van der Waals surface area contributed by atoms with Crippen molar-refractivity contribution < 1.29 is 14.9 Å². The number of phenolic OH excluding ortho intramolecular Hbond substituents is 1. The Kier molecular flexibility index (Phi) is 5.28. The van der Waals surface area contributed by atoms with Gasteiger partial charge in [0.05, 0.1) is 12.2 Å².